The lowest BCUT2D eigenvalue weighted by atomic mass is 9.79. The van der Waals surface area contributed by atoms with Gasteiger partial charge in [0.2, 0.25) is 0 Å². The minimum absolute atomic E-state index is 0.250. The van der Waals surface area contributed by atoms with Crippen molar-refractivity contribution in [2.45, 2.75) is 43.4 Å². The molecule has 2 fully saturated rings. The molecule has 2 aromatic rings. The van der Waals surface area contributed by atoms with Crippen LogP contribution in [0.1, 0.15) is 49.1 Å². The Kier molecular flexibility index (Phi) is 5.19. The molecule has 0 radical (unpaired) electrons. The number of nitrogens with zero attached hydrogens (tertiary/aromatic N) is 4. The van der Waals surface area contributed by atoms with E-state index in [1.54, 1.807) is 0 Å². The number of aromatic nitrogens is 2. The maximum Gasteiger partial charge on any atom is 0.193 e. The third kappa shape index (κ3) is 3.73. The second-order valence-electron chi connectivity index (χ2n) is 8.13. The van der Waals surface area contributed by atoms with Gasteiger partial charge in [0.05, 0.1) is 6.20 Å². The van der Waals surface area contributed by atoms with Crippen molar-refractivity contribution in [3.05, 3.63) is 53.9 Å². The molecule has 5 nitrogen and oxygen atoms in total. The molecular weight excluding hydrogens is 334 g/mol. The predicted molar refractivity (Wildman–Crippen MR) is 110 cm³/mol. The summed E-state index contributed by atoms with van der Waals surface area (Å²) in [7, 11) is 3.89. The Morgan fingerprint density at radius 2 is 2.04 bits per heavy atom. The van der Waals surface area contributed by atoms with Crippen molar-refractivity contribution in [3.63, 3.8) is 0 Å². The largest absolute Gasteiger partial charge is 0.355 e. The number of hydrogen-bond donors (Lipinski definition) is 1. The standard InChI is InChI=1S/C22H31N5/c1-23-21(27-13-10-18(16-27)19-14-25-26(2)15-19)24-17-22(11-6-7-12-22)20-8-4-3-5-9-20/h3-5,8-9,14-15,18H,6-7,10-13,16-17H2,1-2H3,(H,23,24). The second-order valence-corrected chi connectivity index (χ2v) is 8.13. The van der Waals surface area contributed by atoms with Crippen LogP contribution in [0.15, 0.2) is 47.7 Å². The van der Waals surface area contributed by atoms with Crippen LogP contribution in [0.4, 0.5) is 0 Å². The van der Waals surface area contributed by atoms with Crippen molar-refractivity contribution in [2.75, 3.05) is 26.7 Å². The van der Waals surface area contributed by atoms with Crippen molar-refractivity contribution in [2.24, 2.45) is 12.0 Å². The highest BCUT2D eigenvalue weighted by Gasteiger charge is 2.36. The molecule has 144 valence electrons. The Morgan fingerprint density at radius 3 is 2.70 bits per heavy atom. The fraction of sp³-hybridized carbons (Fsp3) is 0.545. The number of guanidine groups is 1. The lowest BCUT2D eigenvalue weighted by molar-refractivity contribution is 0.412. The summed E-state index contributed by atoms with van der Waals surface area (Å²) in [6, 6.07) is 11.0. The average molecular weight is 366 g/mol. The zero-order valence-electron chi connectivity index (χ0n) is 16.6. The number of aliphatic imine (C=N–C) groups is 1. The van der Waals surface area contributed by atoms with Crippen molar-refractivity contribution in [1.82, 2.24) is 20.0 Å². The Labute approximate surface area is 162 Å². The smallest absolute Gasteiger partial charge is 0.193 e. The van der Waals surface area contributed by atoms with Gasteiger partial charge in [0, 0.05) is 51.3 Å². The van der Waals surface area contributed by atoms with Gasteiger partial charge in [-0.25, -0.2) is 0 Å². The molecule has 0 spiro atoms. The highest BCUT2D eigenvalue weighted by atomic mass is 15.3. The van der Waals surface area contributed by atoms with Gasteiger partial charge >= 0.3 is 0 Å². The molecule has 1 unspecified atom stereocenters. The minimum Gasteiger partial charge on any atom is -0.355 e. The van der Waals surface area contributed by atoms with Gasteiger partial charge < -0.3 is 10.2 Å². The minimum atomic E-state index is 0.250. The molecule has 27 heavy (non-hydrogen) atoms. The van der Waals surface area contributed by atoms with Crippen LogP contribution < -0.4 is 5.32 Å². The summed E-state index contributed by atoms with van der Waals surface area (Å²) < 4.78 is 1.90. The Bertz CT molecular complexity index is 773. The van der Waals surface area contributed by atoms with E-state index in [9.17, 15) is 0 Å². The van der Waals surface area contributed by atoms with E-state index in [1.807, 2.05) is 25.0 Å². The number of aryl methyl sites for hydroxylation is 1. The van der Waals surface area contributed by atoms with E-state index in [0.717, 1.165) is 32.0 Å². The molecule has 1 N–H and O–H groups in total. The van der Waals surface area contributed by atoms with E-state index in [0.29, 0.717) is 5.92 Å². The summed E-state index contributed by atoms with van der Waals surface area (Å²) in [5, 5.41) is 8.06. The van der Waals surface area contributed by atoms with Gasteiger partial charge in [0.15, 0.2) is 5.96 Å². The number of hydrogen-bond acceptors (Lipinski definition) is 2. The fourth-order valence-corrected chi connectivity index (χ4v) is 4.87. The second kappa shape index (κ2) is 7.75. The van der Waals surface area contributed by atoms with Crippen molar-refractivity contribution < 1.29 is 0 Å². The van der Waals surface area contributed by atoms with Crippen LogP contribution in [0.2, 0.25) is 0 Å². The number of rotatable bonds is 4. The van der Waals surface area contributed by atoms with Gasteiger partial charge in [-0.3, -0.25) is 9.67 Å². The summed E-state index contributed by atoms with van der Waals surface area (Å²) in [6.07, 6.45) is 10.5. The fourth-order valence-electron chi connectivity index (χ4n) is 4.87. The first-order valence-corrected chi connectivity index (χ1v) is 10.2. The molecule has 2 aliphatic rings. The maximum atomic E-state index is 4.60. The highest BCUT2D eigenvalue weighted by Crippen LogP contribution is 2.40. The molecule has 0 bridgehead atoms. The summed E-state index contributed by atoms with van der Waals surface area (Å²) >= 11 is 0. The van der Waals surface area contributed by atoms with Crippen LogP contribution in [0.25, 0.3) is 0 Å². The van der Waals surface area contributed by atoms with E-state index in [-0.39, 0.29) is 5.41 Å². The van der Waals surface area contributed by atoms with Gasteiger partial charge in [-0.05, 0) is 30.4 Å². The van der Waals surface area contributed by atoms with E-state index in [1.165, 1.54) is 36.8 Å². The summed E-state index contributed by atoms with van der Waals surface area (Å²) in [5.74, 6) is 1.59. The quantitative estimate of drug-likeness (QED) is 0.668. The lowest BCUT2D eigenvalue weighted by Gasteiger charge is -2.32. The van der Waals surface area contributed by atoms with Crippen LogP contribution in [0.5, 0.6) is 0 Å². The van der Waals surface area contributed by atoms with Gasteiger partial charge in [0.1, 0.15) is 0 Å². The number of likely N-dealkylation sites (tertiary alicyclic amines) is 1. The molecule has 2 heterocycles. The van der Waals surface area contributed by atoms with Gasteiger partial charge in [0.25, 0.3) is 0 Å². The van der Waals surface area contributed by atoms with E-state index < -0.39 is 0 Å². The molecule has 1 aromatic carbocycles. The molecule has 1 aliphatic heterocycles. The third-order valence-corrected chi connectivity index (χ3v) is 6.43. The highest BCUT2D eigenvalue weighted by molar-refractivity contribution is 5.80. The Balaban J connectivity index is 1.42. The molecule has 1 aliphatic carbocycles. The summed E-state index contributed by atoms with van der Waals surface area (Å²) in [4.78, 5) is 7.01. The van der Waals surface area contributed by atoms with Crippen LogP contribution in [0, 0.1) is 0 Å². The van der Waals surface area contributed by atoms with Gasteiger partial charge in [-0.2, -0.15) is 5.10 Å². The molecule has 1 saturated carbocycles. The molecule has 1 saturated heterocycles. The average Bonchev–Trinajstić information content (AvgIpc) is 3.44. The van der Waals surface area contributed by atoms with Crippen molar-refractivity contribution in [1.29, 1.82) is 0 Å². The predicted octanol–water partition coefficient (Wildman–Crippen LogP) is 3.30. The van der Waals surface area contributed by atoms with Gasteiger partial charge in [-0.15, -0.1) is 0 Å². The first-order chi connectivity index (χ1) is 13.2. The maximum absolute atomic E-state index is 4.60. The lowest BCUT2D eigenvalue weighted by Crippen LogP contribution is -2.46. The van der Waals surface area contributed by atoms with Gasteiger partial charge in [-0.1, -0.05) is 43.2 Å². The van der Waals surface area contributed by atoms with E-state index in [2.05, 4.69) is 56.8 Å². The van der Waals surface area contributed by atoms with Crippen LogP contribution >= 0.6 is 0 Å². The zero-order chi connectivity index (χ0) is 18.7. The third-order valence-electron chi connectivity index (χ3n) is 6.43. The first kappa shape index (κ1) is 18.1. The van der Waals surface area contributed by atoms with Crippen molar-refractivity contribution >= 4 is 5.96 Å². The number of nitrogens with one attached hydrogen (secondary N) is 1. The van der Waals surface area contributed by atoms with E-state index >= 15 is 0 Å². The number of benzene rings is 1. The monoisotopic (exact) mass is 365 g/mol. The summed E-state index contributed by atoms with van der Waals surface area (Å²) in [6.45, 7) is 3.04. The normalized spacial score (nSPS) is 22.4. The van der Waals surface area contributed by atoms with Crippen molar-refractivity contribution in [3.8, 4) is 0 Å². The van der Waals surface area contributed by atoms with E-state index in [4.69, 9.17) is 0 Å². The van der Waals surface area contributed by atoms with Crippen LogP contribution in [-0.4, -0.2) is 47.3 Å². The Hall–Kier alpha value is -2.30. The molecule has 1 atom stereocenters. The molecule has 1 aromatic heterocycles. The molecule has 4 rings (SSSR count). The first-order valence-electron chi connectivity index (χ1n) is 10.2. The SMILES string of the molecule is CN=C(NCC1(c2ccccc2)CCCC1)N1CCC(c2cnn(C)c2)C1. The van der Waals surface area contributed by atoms with Crippen LogP contribution in [-0.2, 0) is 12.5 Å². The molecule has 5 heteroatoms. The van der Waals surface area contributed by atoms with Crippen LogP contribution in [0.3, 0.4) is 0 Å². The Morgan fingerprint density at radius 1 is 1.26 bits per heavy atom. The molecule has 0 amide bonds. The topological polar surface area (TPSA) is 45.5 Å². The molecular formula is C22H31N5. The zero-order valence-corrected chi connectivity index (χ0v) is 16.6. The summed E-state index contributed by atoms with van der Waals surface area (Å²) in [5.41, 5.74) is 3.06.